The van der Waals surface area contributed by atoms with E-state index in [9.17, 15) is 0 Å². The van der Waals surface area contributed by atoms with Gasteiger partial charge in [0.15, 0.2) is 0 Å². The van der Waals surface area contributed by atoms with Gasteiger partial charge in [0, 0.05) is 30.9 Å². The van der Waals surface area contributed by atoms with Gasteiger partial charge in [0.05, 0.1) is 0 Å². The Morgan fingerprint density at radius 2 is 2.33 bits per heavy atom. The lowest BCUT2D eigenvalue weighted by atomic mass is 9.99. The Hall–Kier alpha value is -1.31. The molecule has 0 fully saturated rings. The van der Waals surface area contributed by atoms with Crippen molar-refractivity contribution in [2.24, 2.45) is 0 Å². The molecule has 0 spiro atoms. The molecule has 12 heavy (non-hydrogen) atoms. The minimum absolute atomic E-state index is 0.491. The van der Waals surface area contributed by atoms with Gasteiger partial charge in [-0.05, 0) is 6.07 Å². The van der Waals surface area contributed by atoms with Gasteiger partial charge in [-0.25, -0.2) is 4.98 Å². The number of anilines is 1. The van der Waals surface area contributed by atoms with Gasteiger partial charge in [0.1, 0.15) is 5.82 Å². The standard InChI is InChI=1S/C10H12N2/c1-8-5-7-12(2)10-9(8)4-3-6-11-10/h3-8H,1-2H3. The van der Waals surface area contributed by atoms with Crippen molar-refractivity contribution in [3.05, 3.63) is 36.2 Å². The fourth-order valence-electron chi connectivity index (χ4n) is 1.49. The molecular weight excluding hydrogens is 148 g/mol. The Kier molecular flexibility index (Phi) is 1.61. The summed E-state index contributed by atoms with van der Waals surface area (Å²) in [6, 6.07) is 4.12. The Bertz CT molecular complexity index is 286. The van der Waals surface area contributed by atoms with Crippen LogP contribution in [0.5, 0.6) is 0 Å². The molecule has 0 saturated heterocycles. The van der Waals surface area contributed by atoms with Crippen molar-refractivity contribution in [2.45, 2.75) is 12.8 Å². The van der Waals surface area contributed by atoms with Crippen LogP contribution in [0.2, 0.25) is 0 Å². The first-order chi connectivity index (χ1) is 5.79. The average Bonchev–Trinajstić information content (AvgIpc) is 2.12. The molecular formula is C10H12N2. The molecule has 0 amide bonds. The number of aromatic nitrogens is 1. The van der Waals surface area contributed by atoms with E-state index >= 15 is 0 Å². The lowest BCUT2D eigenvalue weighted by Gasteiger charge is -2.24. The number of fused-ring (bicyclic) bond motifs is 1. The van der Waals surface area contributed by atoms with Gasteiger partial charge < -0.3 is 4.90 Å². The number of pyridine rings is 1. The van der Waals surface area contributed by atoms with Crippen molar-refractivity contribution >= 4 is 5.82 Å². The first-order valence-corrected chi connectivity index (χ1v) is 4.15. The van der Waals surface area contributed by atoms with Gasteiger partial charge in [-0.3, -0.25) is 0 Å². The molecule has 1 aliphatic heterocycles. The minimum atomic E-state index is 0.491. The van der Waals surface area contributed by atoms with Crippen LogP contribution >= 0.6 is 0 Å². The van der Waals surface area contributed by atoms with Gasteiger partial charge in [-0.2, -0.15) is 0 Å². The van der Waals surface area contributed by atoms with Crippen LogP contribution < -0.4 is 4.90 Å². The number of hydrogen-bond acceptors (Lipinski definition) is 2. The monoisotopic (exact) mass is 160 g/mol. The summed E-state index contributed by atoms with van der Waals surface area (Å²) < 4.78 is 0. The first-order valence-electron chi connectivity index (χ1n) is 4.15. The van der Waals surface area contributed by atoms with Gasteiger partial charge in [-0.15, -0.1) is 0 Å². The normalized spacial score (nSPS) is 20.8. The maximum Gasteiger partial charge on any atom is 0.135 e. The smallest absolute Gasteiger partial charge is 0.135 e. The quantitative estimate of drug-likeness (QED) is 0.578. The molecule has 2 heteroatoms. The lowest BCUT2D eigenvalue weighted by molar-refractivity contribution is 0.898. The molecule has 1 unspecified atom stereocenters. The zero-order valence-corrected chi connectivity index (χ0v) is 7.36. The predicted octanol–water partition coefficient (Wildman–Crippen LogP) is 2.15. The third-order valence-electron chi connectivity index (χ3n) is 2.24. The van der Waals surface area contributed by atoms with Crippen LogP contribution in [0, 0.1) is 0 Å². The third-order valence-corrected chi connectivity index (χ3v) is 2.24. The van der Waals surface area contributed by atoms with Crippen molar-refractivity contribution < 1.29 is 0 Å². The van der Waals surface area contributed by atoms with Crippen molar-refractivity contribution in [3.8, 4) is 0 Å². The fraction of sp³-hybridized carbons (Fsp3) is 0.300. The zero-order valence-electron chi connectivity index (χ0n) is 7.36. The summed E-state index contributed by atoms with van der Waals surface area (Å²) in [6.45, 7) is 2.18. The summed E-state index contributed by atoms with van der Waals surface area (Å²) >= 11 is 0. The fourth-order valence-corrected chi connectivity index (χ4v) is 1.49. The lowest BCUT2D eigenvalue weighted by Crippen LogP contribution is -2.16. The molecule has 0 aliphatic carbocycles. The molecule has 2 nitrogen and oxygen atoms in total. The molecule has 0 bridgehead atoms. The molecule has 1 aliphatic rings. The summed E-state index contributed by atoms with van der Waals surface area (Å²) in [6.07, 6.45) is 6.09. The van der Waals surface area contributed by atoms with E-state index in [0.717, 1.165) is 5.82 Å². The van der Waals surface area contributed by atoms with Gasteiger partial charge in [0.25, 0.3) is 0 Å². The molecule has 0 saturated carbocycles. The van der Waals surface area contributed by atoms with E-state index in [1.54, 1.807) is 0 Å². The van der Waals surface area contributed by atoms with Crippen LogP contribution in [0.3, 0.4) is 0 Å². The SMILES string of the molecule is CC1C=CN(C)c2ncccc21. The van der Waals surface area contributed by atoms with E-state index in [2.05, 4.69) is 35.1 Å². The second-order valence-electron chi connectivity index (χ2n) is 3.16. The molecule has 0 radical (unpaired) electrons. The molecule has 1 aromatic rings. The minimum Gasteiger partial charge on any atom is -0.336 e. The zero-order chi connectivity index (χ0) is 8.55. The van der Waals surface area contributed by atoms with Crippen LogP contribution in [-0.2, 0) is 0 Å². The Balaban J connectivity index is 2.54. The summed E-state index contributed by atoms with van der Waals surface area (Å²) in [5, 5.41) is 0. The maximum atomic E-state index is 4.33. The molecule has 1 atom stereocenters. The maximum absolute atomic E-state index is 4.33. The van der Waals surface area contributed by atoms with E-state index < -0.39 is 0 Å². The molecule has 62 valence electrons. The largest absolute Gasteiger partial charge is 0.336 e. The van der Waals surface area contributed by atoms with Gasteiger partial charge >= 0.3 is 0 Å². The number of rotatable bonds is 0. The highest BCUT2D eigenvalue weighted by molar-refractivity contribution is 5.54. The Morgan fingerprint density at radius 1 is 1.50 bits per heavy atom. The number of nitrogens with zero attached hydrogens (tertiary/aromatic N) is 2. The molecule has 2 rings (SSSR count). The summed E-state index contributed by atoms with van der Waals surface area (Å²) in [5.74, 6) is 1.57. The average molecular weight is 160 g/mol. The molecule has 2 heterocycles. The third kappa shape index (κ3) is 0.998. The summed E-state index contributed by atoms with van der Waals surface area (Å²) in [7, 11) is 2.02. The van der Waals surface area contributed by atoms with E-state index in [1.807, 2.05) is 19.3 Å². The molecule has 0 N–H and O–H groups in total. The summed E-state index contributed by atoms with van der Waals surface area (Å²) in [4.78, 5) is 6.38. The van der Waals surface area contributed by atoms with Crippen molar-refractivity contribution in [3.63, 3.8) is 0 Å². The van der Waals surface area contributed by atoms with Crippen LogP contribution in [0.1, 0.15) is 18.4 Å². The topological polar surface area (TPSA) is 16.1 Å². The van der Waals surface area contributed by atoms with Gasteiger partial charge in [-0.1, -0.05) is 19.1 Å². The van der Waals surface area contributed by atoms with Crippen molar-refractivity contribution in [2.75, 3.05) is 11.9 Å². The highest BCUT2D eigenvalue weighted by atomic mass is 15.1. The second kappa shape index (κ2) is 2.63. The highest BCUT2D eigenvalue weighted by Crippen LogP contribution is 2.29. The van der Waals surface area contributed by atoms with Crippen molar-refractivity contribution in [1.29, 1.82) is 0 Å². The molecule has 1 aromatic heterocycles. The highest BCUT2D eigenvalue weighted by Gasteiger charge is 2.14. The predicted molar refractivity (Wildman–Crippen MR) is 50.2 cm³/mol. The van der Waals surface area contributed by atoms with E-state index in [-0.39, 0.29) is 0 Å². The Labute approximate surface area is 72.5 Å². The van der Waals surface area contributed by atoms with Crippen LogP contribution in [0.15, 0.2) is 30.6 Å². The van der Waals surface area contributed by atoms with Crippen molar-refractivity contribution in [1.82, 2.24) is 4.98 Å². The van der Waals surface area contributed by atoms with Crippen LogP contribution in [0.4, 0.5) is 5.82 Å². The number of allylic oxidation sites excluding steroid dienone is 1. The Morgan fingerprint density at radius 3 is 3.08 bits per heavy atom. The molecule has 0 aromatic carbocycles. The van der Waals surface area contributed by atoms with E-state index in [0.29, 0.717) is 5.92 Å². The second-order valence-corrected chi connectivity index (χ2v) is 3.16. The number of hydrogen-bond donors (Lipinski definition) is 0. The van der Waals surface area contributed by atoms with Gasteiger partial charge in [0.2, 0.25) is 0 Å². The van der Waals surface area contributed by atoms with E-state index in [4.69, 9.17) is 0 Å². The van der Waals surface area contributed by atoms with Crippen LogP contribution in [0.25, 0.3) is 0 Å². The summed E-state index contributed by atoms with van der Waals surface area (Å²) in [5.41, 5.74) is 1.31. The van der Waals surface area contributed by atoms with E-state index in [1.165, 1.54) is 5.56 Å². The first kappa shape index (κ1) is 7.35. The van der Waals surface area contributed by atoms with Crippen LogP contribution in [-0.4, -0.2) is 12.0 Å².